The monoisotopic (exact) mass is 792 g/mol. The zero-order valence-corrected chi connectivity index (χ0v) is 33.9. The summed E-state index contributed by atoms with van der Waals surface area (Å²) in [6.07, 6.45) is 28.3. The second-order valence-electron chi connectivity index (χ2n) is 17.0. The van der Waals surface area contributed by atoms with Gasteiger partial charge in [0, 0.05) is 22.5 Å². The van der Waals surface area contributed by atoms with E-state index in [9.17, 15) is 25.5 Å². The van der Waals surface area contributed by atoms with Gasteiger partial charge in [-0.15, -0.1) is 0 Å². The number of phenols is 4. The first kappa shape index (κ1) is 37.4. The van der Waals surface area contributed by atoms with E-state index in [4.69, 9.17) is 0 Å². The van der Waals surface area contributed by atoms with Gasteiger partial charge in [0.2, 0.25) is 17.4 Å². The molecular weight excluding hydrogens is 745 g/mol. The minimum Gasteiger partial charge on any atom is -0.504 e. The molecule has 1 aromatic heterocycles. The third-order valence-corrected chi connectivity index (χ3v) is 13.2. The number of hydrogen-bond acceptors (Lipinski definition) is 6. The van der Waals surface area contributed by atoms with Gasteiger partial charge < -0.3 is 30.4 Å². The quantitative estimate of drug-likeness (QED) is 0.0829. The molecule has 5 aliphatic carbocycles. The minimum atomic E-state index is -0.856. The van der Waals surface area contributed by atoms with Gasteiger partial charge in [-0.2, -0.15) is 0 Å². The lowest BCUT2D eigenvalue weighted by Crippen LogP contribution is -2.36. The van der Waals surface area contributed by atoms with E-state index in [1.165, 1.54) is 43.7 Å². The Morgan fingerprint density at radius 3 is 2.22 bits per heavy atom. The van der Waals surface area contributed by atoms with Crippen molar-refractivity contribution in [3.05, 3.63) is 167 Å². The molecule has 0 saturated carbocycles. The van der Waals surface area contributed by atoms with Crippen molar-refractivity contribution in [1.82, 2.24) is 4.57 Å². The van der Waals surface area contributed by atoms with E-state index in [0.29, 0.717) is 17.7 Å². The summed E-state index contributed by atoms with van der Waals surface area (Å²) in [5.41, 5.74) is 14.0. The molecule has 0 saturated heterocycles. The standard InChI is InChI=1S/C53H48N2O5/c1-53(2)43-19-10-9-18-41(43)42-29-28-40(31-44(42)53)54(38-24-20-33(21-25-38)32-12-5-3-6-13-32)39-26-22-34(23-27-39)35-14-11-15-36(30-35)45-46-47(49(57)51(59)50(58)48(46)56)55(52(45)60)37-16-7-4-8-17-37/h3,5,7,9-12,14-20,22-24,26-30,40,56-60H,4,6,8,13,21,25,31H2,1-2H3. The zero-order chi connectivity index (χ0) is 41.3. The summed E-state index contributed by atoms with van der Waals surface area (Å²) in [4.78, 5) is 2.53. The van der Waals surface area contributed by atoms with Crippen LogP contribution in [-0.4, -0.2) is 36.1 Å². The van der Waals surface area contributed by atoms with Crippen molar-refractivity contribution < 1.29 is 25.5 Å². The first-order chi connectivity index (χ1) is 29.1. The Balaban J connectivity index is 1.03. The van der Waals surface area contributed by atoms with Gasteiger partial charge in [0.15, 0.2) is 11.5 Å². The van der Waals surface area contributed by atoms with Gasteiger partial charge in [-0.1, -0.05) is 117 Å². The molecule has 5 aliphatic rings. The third kappa shape index (κ3) is 5.94. The SMILES string of the molecule is CC1(C)C2=C(C=CC(N(C3=CC=C(C4=CC=CCC4)CC3)c3ccc(-c4cccc(-c5c(O)n(C6=CCCC=C6)c6c(O)c(O)c(O)c(O)c56)c4)cc3)C2)c2ccccc21. The highest BCUT2D eigenvalue weighted by molar-refractivity contribution is 6.10. The van der Waals surface area contributed by atoms with Gasteiger partial charge in [-0.25, -0.2) is 0 Å². The van der Waals surface area contributed by atoms with E-state index in [0.717, 1.165) is 55.3 Å². The van der Waals surface area contributed by atoms with E-state index in [1.807, 2.05) is 42.5 Å². The average molecular weight is 793 g/mol. The number of rotatable bonds is 7. The molecule has 5 N–H and O–H groups in total. The van der Waals surface area contributed by atoms with Crippen molar-refractivity contribution in [2.45, 2.75) is 70.3 Å². The number of phenolic OH excluding ortho intramolecular Hbond substituents is 4. The Bertz CT molecular complexity index is 2870. The number of fused-ring (bicyclic) bond motifs is 3. The number of aromatic nitrogens is 1. The molecule has 300 valence electrons. The van der Waals surface area contributed by atoms with Crippen molar-refractivity contribution in [3.63, 3.8) is 0 Å². The van der Waals surface area contributed by atoms with Crippen molar-refractivity contribution >= 4 is 27.9 Å². The molecule has 60 heavy (non-hydrogen) atoms. The Labute approximate surface area is 350 Å². The van der Waals surface area contributed by atoms with Crippen LogP contribution in [0.25, 0.3) is 44.4 Å². The third-order valence-electron chi connectivity index (χ3n) is 13.2. The molecule has 0 spiro atoms. The lowest BCUT2D eigenvalue weighted by molar-refractivity contribution is 0.350. The van der Waals surface area contributed by atoms with Gasteiger partial charge in [-0.3, -0.25) is 4.57 Å². The smallest absolute Gasteiger partial charge is 0.206 e. The number of hydrogen-bond donors (Lipinski definition) is 5. The first-order valence-corrected chi connectivity index (χ1v) is 21.0. The Morgan fingerprint density at radius 2 is 1.47 bits per heavy atom. The highest BCUT2D eigenvalue weighted by Gasteiger charge is 2.40. The second-order valence-corrected chi connectivity index (χ2v) is 17.0. The largest absolute Gasteiger partial charge is 0.504 e. The van der Waals surface area contributed by atoms with Crippen LogP contribution in [0.4, 0.5) is 5.69 Å². The summed E-state index contributed by atoms with van der Waals surface area (Å²) in [5, 5.41) is 55.4. The number of nitrogens with zero attached hydrogens (tertiary/aromatic N) is 2. The fraction of sp³-hybridized carbons (Fsp3) is 0.208. The molecule has 1 unspecified atom stereocenters. The number of aromatic hydroxyl groups is 5. The molecule has 0 aliphatic heterocycles. The van der Waals surface area contributed by atoms with Gasteiger partial charge in [0.05, 0.1) is 17.0 Å². The predicted molar refractivity (Wildman–Crippen MR) is 242 cm³/mol. The van der Waals surface area contributed by atoms with E-state index >= 15 is 0 Å². The molecule has 4 aromatic carbocycles. The van der Waals surface area contributed by atoms with Crippen molar-refractivity contribution in [2.24, 2.45) is 0 Å². The van der Waals surface area contributed by atoms with E-state index in [1.54, 1.807) is 0 Å². The van der Waals surface area contributed by atoms with Crippen molar-refractivity contribution in [1.29, 1.82) is 0 Å². The summed E-state index contributed by atoms with van der Waals surface area (Å²) in [7, 11) is 0. The molecule has 1 heterocycles. The maximum atomic E-state index is 11.9. The van der Waals surface area contributed by atoms with Gasteiger partial charge in [0.1, 0.15) is 5.52 Å². The topological polar surface area (TPSA) is 109 Å². The number of benzene rings is 4. The van der Waals surface area contributed by atoms with Crippen LogP contribution in [0.1, 0.15) is 69.9 Å². The molecule has 10 rings (SSSR count). The minimum absolute atomic E-state index is 0.00116. The van der Waals surface area contributed by atoms with Crippen LogP contribution >= 0.6 is 0 Å². The summed E-state index contributed by atoms with van der Waals surface area (Å²) < 4.78 is 1.41. The molecule has 7 heteroatoms. The molecule has 5 aromatic rings. The van der Waals surface area contributed by atoms with Gasteiger partial charge in [-0.05, 0) is 125 Å². The second kappa shape index (κ2) is 14.5. The van der Waals surface area contributed by atoms with Crippen molar-refractivity contribution in [3.8, 4) is 51.1 Å². The Morgan fingerprint density at radius 1 is 0.683 bits per heavy atom. The lowest BCUT2D eigenvalue weighted by Gasteiger charge is -2.39. The van der Waals surface area contributed by atoms with Crippen LogP contribution in [0.2, 0.25) is 0 Å². The fourth-order valence-electron chi connectivity index (χ4n) is 10.1. The van der Waals surface area contributed by atoms with Crippen LogP contribution in [0.5, 0.6) is 28.9 Å². The maximum Gasteiger partial charge on any atom is 0.206 e. The molecule has 0 amide bonds. The van der Waals surface area contributed by atoms with Crippen LogP contribution in [0.15, 0.2) is 156 Å². The van der Waals surface area contributed by atoms with Crippen LogP contribution in [0, 0.1) is 0 Å². The summed E-state index contributed by atoms with van der Waals surface area (Å²) in [5.74, 6) is -3.21. The fourth-order valence-corrected chi connectivity index (χ4v) is 10.1. The highest BCUT2D eigenvalue weighted by atomic mass is 16.3. The van der Waals surface area contributed by atoms with E-state index in [2.05, 4.69) is 110 Å². The van der Waals surface area contributed by atoms with Crippen LogP contribution in [-0.2, 0) is 5.41 Å². The maximum absolute atomic E-state index is 11.9. The van der Waals surface area contributed by atoms with E-state index < -0.39 is 23.0 Å². The molecular formula is C53H48N2O5. The van der Waals surface area contributed by atoms with Gasteiger partial charge in [0.25, 0.3) is 0 Å². The summed E-state index contributed by atoms with van der Waals surface area (Å²) in [6.45, 7) is 4.72. The van der Waals surface area contributed by atoms with Gasteiger partial charge >= 0.3 is 0 Å². The van der Waals surface area contributed by atoms with Crippen LogP contribution < -0.4 is 4.90 Å². The van der Waals surface area contributed by atoms with Crippen LogP contribution in [0.3, 0.4) is 0 Å². The predicted octanol–water partition coefficient (Wildman–Crippen LogP) is 12.5. The normalized spacial score (nSPS) is 19.1. The Kier molecular flexibility index (Phi) is 9.01. The lowest BCUT2D eigenvalue weighted by atomic mass is 9.77. The van der Waals surface area contributed by atoms with E-state index in [-0.39, 0.29) is 33.8 Å². The highest BCUT2D eigenvalue weighted by Crippen LogP contribution is 2.56. The molecule has 1 atom stereocenters. The molecule has 0 bridgehead atoms. The Hall–Kier alpha value is -6.86. The summed E-state index contributed by atoms with van der Waals surface area (Å²) in [6, 6.07) is 25.2. The number of anilines is 1. The zero-order valence-electron chi connectivity index (χ0n) is 33.9. The van der Waals surface area contributed by atoms with Crippen molar-refractivity contribution in [2.75, 3.05) is 4.90 Å². The molecule has 7 nitrogen and oxygen atoms in total. The first-order valence-electron chi connectivity index (χ1n) is 21.0. The summed E-state index contributed by atoms with van der Waals surface area (Å²) >= 11 is 0. The average Bonchev–Trinajstić information content (AvgIpc) is 3.73. The molecule has 0 radical (unpaired) electrons. The number of allylic oxidation sites excluding steroid dienone is 14. The molecule has 0 fully saturated rings.